The summed E-state index contributed by atoms with van der Waals surface area (Å²) in [5.74, 6) is 0. The van der Waals surface area contributed by atoms with Crippen molar-refractivity contribution in [1.29, 1.82) is 0 Å². The van der Waals surface area contributed by atoms with Crippen LogP contribution in [0.25, 0.3) is 0 Å². The Labute approximate surface area is 109 Å². The molecule has 1 aliphatic heterocycles. The number of nitrogen functional groups attached to an aromatic ring is 1. The van der Waals surface area contributed by atoms with Crippen LogP contribution in [0, 0.1) is 0 Å². The van der Waals surface area contributed by atoms with Gasteiger partial charge in [0.1, 0.15) is 0 Å². The molecule has 1 aliphatic rings. The molecule has 18 heavy (non-hydrogen) atoms. The molecule has 1 aromatic carbocycles. The van der Waals surface area contributed by atoms with Gasteiger partial charge in [0.15, 0.2) is 0 Å². The first-order chi connectivity index (χ1) is 8.78. The Hall–Kier alpha value is -1.26. The number of anilines is 2. The lowest BCUT2D eigenvalue weighted by Gasteiger charge is -2.30. The van der Waals surface area contributed by atoms with Crippen molar-refractivity contribution in [2.45, 2.75) is 19.4 Å². The lowest BCUT2D eigenvalue weighted by molar-refractivity contribution is 0.0360. The predicted octanol–water partition coefficient (Wildman–Crippen LogP) is 1.79. The highest BCUT2D eigenvalue weighted by atomic mass is 16.5. The first kappa shape index (κ1) is 13.2. The second-order valence-corrected chi connectivity index (χ2v) is 4.78. The fourth-order valence-electron chi connectivity index (χ4n) is 2.19. The van der Waals surface area contributed by atoms with Gasteiger partial charge in [-0.3, -0.25) is 4.90 Å². The number of nitrogens with zero attached hydrogens (tertiary/aromatic N) is 1. The zero-order valence-corrected chi connectivity index (χ0v) is 11.1. The second kappa shape index (κ2) is 6.61. The lowest BCUT2D eigenvalue weighted by atomic mass is 10.2. The third-order valence-corrected chi connectivity index (χ3v) is 3.36. The van der Waals surface area contributed by atoms with Crippen molar-refractivity contribution in [1.82, 2.24) is 4.90 Å². The molecule has 0 amide bonds. The van der Waals surface area contributed by atoms with Crippen LogP contribution in [0.2, 0.25) is 0 Å². The Kier molecular flexibility index (Phi) is 4.84. The largest absolute Gasteiger partial charge is 0.399 e. The molecule has 4 nitrogen and oxygen atoms in total. The molecule has 0 aliphatic carbocycles. The summed E-state index contributed by atoms with van der Waals surface area (Å²) < 4.78 is 5.37. The molecule has 0 radical (unpaired) electrons. The van der Waals surface area contributed by atoms with Gasteiger partial charge in [-0.1, -0.05) is 6.92 Å². The summed E-state index contributed by atoms with van der Waals surface area (Å²) in [4.78, 5) is 2.46. The minimum absolute atomic E-state index is 0.478. The van der Waals surface area contributed by atoms with E-state index < -0.39 is 0 Å². The summed E-state index contributed by atoms with van der Waals surface area (Å²) >= 11 is 0. The molecule has 1 aromatic rings. The van der Waals surface area contributed by atoms with Crippen LogP contribution >= 0.6 is 0 Å². The smallest absolute Gasteiger partial charge is 0.0594 e. The Morgan fingerprint density at radius 1 is 1.28 bits per heavy atom. The Bertz CT molecular complexity index is 347. The maximum atomic E-state index is 5.69. The number of nitrogens with one attached hydrogen (secondary N) is 1. The topological polar surface area (TPSA) is 50.5 Å². The number of morpholine rings is 1. The fourth-order valence-corrected chi connectivity index (χ4v) is 2.19. The lowest BCUT2D eigenvalue weighted by Crippen LogP contribution is -2.42. The molecule has 4 heteroatoms. The second-order valence-electron chi connectivity index (χ2n) is 4.78. The van der Waals surface area contributed by atoms with Gasteiger partial charge in [-0.25, -0.2) is 0 Å². The summed E-state index contributed by atoms with van der Waals surface area (Å²) in [5.41, 5.74) is 7.64. The van der Waals surface area contributed by atoms with Crippen LogP contribution in [0.1, 0.15) is 13.3 Å². The number of hydrogen-bond acceptors (Lipinski definition) is 4. The third-order valence-electron chi connectivity index (χ3n) is 3.36. The summed E-state index contributed by atoms with van der Waals surface area (Å²) in [6.07, 6.45) is 1.11. The summed E-state index contributed by atoms with van der Waals surface area (Å²) in [7, 11) is 0. The number of benzene rings is 1. The van der Waals surface area contributed by atoms with Crippen LogP contribution in [0.3, 0.4) is 0 Å². The van der Waals surface area contributed by atoms with Crippen molar-refractivity contribution in [3.8, 4) is 0 Å². The molecular weight excluding hydrogens is 226 g/mol. The predicted molar refractivity (Wildman–Crippen MR) is 75.8 cm³/mol. The van der Waals surface area contributed by atoms with E-state index >= 15 is 0 Å². The zero-order valence-electron chi connectivity index (χ0n) is 11.1. The summed E-state index contributed by atoms with van der Waals surface area (Å²) in [6, 6.07) is 8.43. The average Bonchev–Trinajstić information content (AvgIpc) is 2.41. The molecule has 1 heterocycles. The molecule has 1 saturated heterocycles. The molecule has 0 saturated carbocycles. The summed E-state index contributed by atoms with van der Waals surface area (Å²) in [6.45, 7) is 7.09. The molecule has 2 rings (SSSR count). The van der Waals surface area contributed by atoms with Gasteiger partial charge in [-0.05, 0) is 30.7 Å². The van der Waals surface area contributed by atoms with Crippen LogP contribution in [0.5, 0.6) is 0 Å². The third kappa shape index (κ3) is 3.89. The average molecular weight is 249 g/mol. The Morgan fingerprint density at radius 3 is 2.56 bits per heavy atom. The van der Waals surface area contributed by atoms with E-state index in [0.717, 1.165) is 50.6 Å². The van der Waals surface area contributed by atoms with Crippen molar-refractivity contribution < 1.29 is 4.74 Å². The van der Waals surface area contributed by atoms with Crippen molar-refractivity contribution >= 4 is 11.4 Å². The highest BCUT2D eigenvalue weighted by Crippen LogP contribution is 2.13. The van der Waals surface area contributed by atoms with Crippen molar-refractivity contribution in [3.63, 3.8) is 0 Å². The van der Waals surface area contributed by atoms with Gasteiger partial charge in [0.2, 0.25) is 0 Å². The van der Waals surface area contributed by atoms with Gasteiger partial charge in [0.05, 0.1) is 13.2 Å². The van der Waals surface area contributed by atoms with Crippen LogP contribution in [0.4, 0.5) is 11.4 Å². The van der Waals surface area contributed by atoms with E-state index in [9.17, 15) is 0 Å². The fraction of sp³-hybridized carbons (Fsp3) is 0.571. The van der Waals surface area contributed by atoms with Crippen LogP contribution in [0.15, 0.2) is 24.3 Å². The normalized spacial score (nSPS) is 18.5. The van der Waals surface area contributed by atoms with Crippen molar-refractivity contribution in [3.05, 3.63) is 24.3 Å². The van der Waals surface area contributed by atoms with Crippen LogP contribution < -0.4 is 11.1 Å². The minimum Gasteiger partial charge on any atom is -0.399 e. The first-order valence-electron chi connectivity index (χ1n) is 6.70. The van der Waals surface area contributed by atoms with Gasteiger partial charge >= 0.3 is 0 Å². The molecule has 100 valence electrons. The van der Waals surface area contributed by atoms with Gasteiger partial charge < -0.3 is 15.8 Å². The van der Waals surface area contributed by atoms with Gasteiger partial charge in [0.25, 0.3) is 0 Å². The van der Waals surface area contributed by atoms with E-state index in [1.54, 1.807) is 0 Å². The highest BCUT2D eigenvalue weighted by molar-refractivity contribution is 5.51. The molecular formula is C14H23N3O. The maximum Gasteiger partial charge on any atom is 0.0594 e. The van der Waals surface area contributed by atoms with Crippen molar-refractivity contribution in [2.75, 3.05) is 43.9 Å². The maximum absolute atomic E-state index is 5.69. The quantitative estimate of drug-likeness (QED) is 0.781. The molecule has 1 fully saturated rings. The monoisotopic (exact) mass is 249 g/mol. The van der Waals surface area contributed by atoms with Gasteiger partial charge in [-0.2, -0.15) is 0 Å². The van der Waals surface area contributed by atoms with E-state index in [1.165, 1.54) is 0 Å². The van der Waals surface area contributed by atoms with E-state index in [-0.39, 0.29) is 0 Å². The van der Waals surface area contributed by atoms with Gasteiger partial charge in [-0.15, -0.1) is 0 Å². The van der Waals surface area contributed by atoms with E-state index in [2.05, 4.69) is 17.1 Å². The zero-order chi connectivity index (χ0) is 12.8. The Balaban J connectivity index is 1.86. The molecule has 0 aromatic heterocycles. The van der Waals surface area contributed by atoms with Crippen molar-refractivity contribution in [2.24, 2.45) is 0 Å². The standard InChI is InChI=1S/C14H23N3O/c1-2-13(11-17-7-9-18-10-8-17)16-14-5-3-12(15)4-6-14/h3-6,13,16H,2,7-11,15H2,1H3. The Morgan fingerprint density at radius 2 is 1.94 bits per heavy atom. The number of ether oxygens (including phenoxy) is 1. The minimum atomic E-state index is 0.478. The van der Waals surface area contributed by atoms with Gasteiger partial charge in [0, 0.05) is 37.1 Å². The SMILES string of the molecule is CCC(CN1CCOCC1)Nc1ccc(N)cc1. The molecule has 0 bridgehead atoms. The van der Waals surface area contributed by atoms with E-state index in [1.807, 2.05) is 24.3 Å². The summed E-state index contributed by atoms with van der Waals surface area (Å²) in [5, 5.41) is 3.57. The van der Waals surface area contributed by atoms with Crippen LogP contribution in [-0.4, -0.2) is 43.8 Å². The number of rotatable bonds is 5. The van der Waals surface area contributed by atoms with Crippen LogP contribution in [-0.2, 0) is 4.74 Å². The molecule has 3 N–H and O–H groups in total. The molecule has 1 unspecified atom stereocenters. The molecule has 1 atom stereocenters. The first-order valence-corrected chi connectivity index (χ1v) is 6.70. The highest BCUT2D eigenvalue weighted by Gasteiger charge is 2.15. The number of nitrogens with two attached hydrogens (primary N) is 1. The van der Waals surface area contributed by atoms with E-state index in [4.69, 9.17) is 10.5 Å². The van der Waals surface area contributed by atoms with E-state index in [0.29, 0.717) is 6.04 Å². The molecule has 0 spiro atoms. The number of hydrogen-bond donors (Lipinski definition) is 2.